The van der Waals surface area contributed by atoms with Crippen molar-refractivity contribution in [1.29, 1.82) is 0 Å². The van der Waals surface area contributed by atoms with Crippen molar-refractivity contribution in [2.45, 2.75) is 32.4 Å². The molecule has 104 valence electrons. The summed E-state index contributed by atoms with van der Waals surface area (Å²) in [5, 5.41) is 0. The summed E-state index contributed by atoms with van der Waals surface area (Å²) in [4.78, 5) is 6.95. The molecule has 3 nitrogen and oxygen atoms in total. The normalized spacial score (nSPS) is 14.3. The zero-order chi connectivity index (χ0) is 14.1. The van der Waals surface area contributed by atoms with Gasteiger partial charge in [-0.1, -0.05) is 12.1 Å². The minimum Gasteiger partial charge on any atom is -0.399 e. The largest absolute Gasteiger partial charge is 0.399 e. The van der Waals surface area contributed by atoms with Crippen molar-refractivity contribution in [3.05, 3.63) is 52.1 Å². The third-order valence-corrected chi connectivity index (χ3v) is 4.45. The van der Waals surface area contributed by atoms with E-state index in [1.54, 1.807) is 0 Å². The van der Waals surface area contributed by atoms with E-state index in [4.69, 9.17) is 5.73 Å². The second-order valence-electron chi connectivity index (χ2n) is 5.40. The van der Waals surface area contributed by atoms with Crippen LogP contribution in [0.5, 0.6) is 0 Å². The number of nitrogen functional groups attached to an aromatic ring is 1. The van der Waals surface area contributed by atoms with Gasteiger partial charge in [-0.2, -0.15) is 0 Å². The van der Waals surface area contributed by atoms with Crippen LogP contribution >= 0.6 is 15.9 Å². The van der Waals surface area contributed by atoms with E-state index in [1.165, 1.54) is 24.0 Å². The molecule has 1 aliphatic rings. The van der Waals surface area contributed by atoms with Gasteiger partial charge >= 0.3 is 0 Å². The van der Waals surface area contributed by atoms with E-state index >= 15 is 0 Å². The molecule has 1 aromatic carbocycles. The lowest BCUT2D eigenvalue weighted by atomic mass is 10.2. The second kappa shape index (κ2) is 5.44. The second-order valence-corrected chi connectivity index (χ2v) is 6.25. The number of aryl methyl sites for hydroxylation is 1. The van der Waals surface area contributed by atoms with Crippen LogP contribution in [0, 0.1) is 6.92 Å². The van der Waals surface area contributed by atoms with Gasteiger partial charge in [0, 0.05) is 28.9 Å². The lowest BCUT2D eigenvalue weighted by Gasteiger charge is -2.24. The first-order valence-electron chi connectivity index (χ1n) is 6.86. The number of benzene rings is 1. The van der Waals surface area contributed by atoms with Gasteiger partial charge in [0.15, 0.2) is 0 Å². The molecule has 3 rings (SSSR count). The smallest absolute Gasteiger partial charge is 0.129 e. The van der Waals surface area contributed by atoms with Crippen LogP contribution in [-0.4, -0.2) is 11.0 Å². The Balaban J connectivity index is 1.87. The van der Waals surface area contributed by atoms with Crippen molar-refractivity contribution in [3.63, 3.8) is 0 Å². The topological polar surface area (TPSA) is 42.1 Å². The third kappa shape index (κ3) is 2.96. The number of nitrogens with zero attached hydrogens (tertiary/aromatic N) is 2. The molecule has 0 amide bonds. The van der Waals surface area contributed by atoms with Gasteiger partial charge < -0.3 is 10.6 Å². The lowest BCUT2D eigenvalue weighted by molar-refractivity contribution is 0.777. The lowest BCUT2D eigenvalue weighted by Crippen LogP contribution is -2.26. The molecule has 0 spiro atoms. The summed E-state index contributed by atoms with van der Waals surface area (Å²) in [6.45, 7) is 2.96. The fourth-order valence-corrected chi connectivity index (χ4v) is 2.57. The SMILES string of the molecule is Cc1cc(N(Cc2cccc(N)c2)C2CC2)ncc1Br. The monoisotopic (exact) mass is 331 g/mol. The molecule has 0 atom stereocenters. The third-order valence-electron chi connectivity index (χ3n) is 3.62. The Bertz CT molecular complexity index is 623. The molecule has 1 aliphatic carbocycles. The van der Waals surface area contributed by atoms with E-state index in [0.29, 0.717) is 6.04 Å². The minimum atomic E-state index is 0.615. The average molecular weight is 332 g/mol. The molecule has 4 heteroatoms. The van der Waals surface area contributed by atoms with E-state index in [0.717, 1.165) is 22.5 Å². The van der Waals surface area contributed by atoms with Crippen molar-refractivity contribution in [3.8, 4) is 0 Å². The van der Waals surface area contributed by atoms with E-state index < -0.39 is 0 Å². The molecule has 2 N–H and O–H groups in total. The van der Waals surface area contributed by atoms with Crippen LogP contribution in [0.2, 0.25) is 0 Å². The summed E-state index contributed by atoms with van der Waals surface area (Å²) in [7, 11) is 0. The number of halogens is 1. The number of hydrogen-bond acceptors (Lipinski definition) is 3. The molecule has 0 bridgehead atoms. The van der Waals surface area contributed by atoms with E-state index in [9.17, 15) is 0 Å². The van der Waals surface area contributed by atoms with Crippen molar-refractivity contribution in [1.82, 2.24) is 4.98 Å². The molecule has 1 fully saturated rings. The maximum absolute atomic E-state index is 5.87. The highest BCUT2D eigenvalue weighted by Gasteiger charge is 2.30. The molecular formula is C16H18BrN3. The van der Waals surface area contributed by atoms with Crippen LogP contribution in [0.4, 0.5) is 11.5 Å². The van der Waals surface area contributed by atoms with Crippen LogP contribution in [-0.2, 0) is 6.54 Å². The van der Waals surface area contributed by atoms with Crippen LogP contribution in [0.1, 0.15) is 24.0 Å². The quantitative estimate of drug-likeness (QED) is 0.864. The molecular weight excluding hydrogens is 314 g/mol. The Morgan fingerprint density at radius 3 is 2.80 bits per heavy atom. The Morgan fingerprint density at radius 2 is 2.15 bits per heavy atom. The number of pyridine rings is 1. The van der Waals surface area contributed by atoms with Crippen LogP contribution in [0.15, 0.2) is 41.0 Å². The van der Waals surface area contributed by atoms with Crippen molar-refractivity contribution >= 4 is 27.4 Å². The average Bonchev–Trinajstić information content (AvgIpc) is 3.24. The summed E-state index contributed by atoms with van der Waals surface area (Å²) in [5.74, 6) is 1.05. The van der Waals surface area contributed by atoms with Crippen LogP contribution in [0.25, 0.3) is 0 Å². The fourth-order valence-electron chi connectivity index (χ4n) is 2.35. The van der Waals surface area contributed by atoms with Crippen LogP contribution < -0.4 is 10.6 Å². The van der Waals surface area contributed by atoms with Gasteiger partial charge in [0.2, 0.25) is 0 Å². The first kappa shape index (κ1) is 13.4. The summed E-state index contributed by atoms with van der Waals surface area (Å²) in [5.41, 5.74) is 9.14. The minimum absolute atomic E-state index is 0.615. The first-order chi connectivity index (χ1) is 9.63. The molecule has 0 saturated heterocycles. The zero-order valence-corrected chi connectivity index (χ0v) is 13.1. The van der Waals surface area contributed by atoms with Crippen molar-refractivity contribution < 1.29 is 0 Å². The fraction of sp³-hybridized carbons (Fsp3) is 0.312. The van der Waals surface area contributed by atoms with E-state index in [-0.39, 0.29) is 0 Å². The maximum Gasteiger partial charge on any atom is 0.129 e. The maximum atomic E-state index is 5.87. The predicted octanol–water partition coefficient (Wildman–Crippen LogP) is 3.90. The molecule has 2 aromatic rings. The first-order valence-corrected chi connectivity index (χ1v) is 7.66. The zero-order valence-electron chi connectivity index (χ0n) is 11.5. The van der Waals surface area contributed by atoms with Gasteiger partial charge in [0.05, 0.1) is 0 Å². The number of aromatic nitrogens is 1. The summed E-state index contributed by atoms with van der Waals surface area (Å²) in [6, 6.07) is 10.9. The number of nitrogens with two attached hydrogens (primary N) is 1. The Hall–Kier alpha value is -1.55. The van der Waals surface area contributed by atoms with Gasteiger partial charge in [0.1, 0.15) is 5.82 Å². The van der Waals surface area contributed by atoms with Gasteiger partial charge in [-0.05, 0) is 65.0 Å². The standard InChI is InChI=1S/C16H18BrN3/c1-11-7-16(19-9-15(11)17)20(14-5-6-14)10-12-3-2-4-13(18)8-12/h2-4,7-9,14H,5-6,10,18H2,1H3. The Labute approximate surface area is 127 Å². The Kier molecular flexibility index (Phi) is 3.66. The number of anilines is 2. The molecule has 0 radical (unpaired) electrons. The summed E-state index contributed by atoms with van der Waals surface area (Å²) < 4.78 is 1.06. The molecule has 1 aromatic heterocycles. The Morgan fingerprint density at radius 1 is 1.35 bits per heavy atom. The highest BCUT2D eigenvalue weighted by Crippen LogP contribution is 2.33. The van der Waals surface area contributed by atoms with Gasteiger partial charge in [-0.15, -0.1) is 0 Å². The highest BCUT2D eigenvalue weighted by molar-refractivity contribution is 9.10. The van der Waals surface area contributed by atoms with E-state index in [2.05, 4.69) is 44.9 Å². The summed E-state index contributed by atoms with van der Waals surface area (Å²) in [6.07, 6.45) is 4.39. The van der Waals surface area contributed by atoms with Crippen molar-refractivity contribution in [2.24, 2.45) is 0 Å². The van der Waals surface area contributed by atoms with E-state index in [1.807, 2.05) is 24.4 Å². The molecule has 1 heterocycles. The molecule has 0 unspecified atom stereocenters. The molecule has 20 heavy (non-hydrogen) atoms. The van der Waals surface area contributed by atoms with Gasteiger partial charge in [0.25, 0.3) is 0 Å². The van der Waals surface area contributed by atoms with Crippen LogP contribution in [0.3, 0.4) is 0 Å². The van der Waals surface area contributed by atoms with Crippen molar-refractivity contribution in [2.75, 3.05) is 10.6 Å². The van der Waals surface area contributed by atoms with Gasteiger partial charge in [-0.25, -0.2) is 4.98 Å². The number of rotatable bonds is 4. The van der Waals surface area contributed by atoms with Gasteiger partial charge in [-0.3, -0.25) is 0 Å². The molecule has 1 saturated carbocycles. The number of hydrogen-bond donors (Lipinski definition) is 1. The summed E-state index contributed by atoms with van der Waals surface area (Å²) >= 11 is 3.51. The molecule has 0 aliphatic heterocycles. The highest BCUT2D eigenvalue weighted by atomic mass is 79.9. The predicted molar refractivity (Wildman–Crippen MR) is 86.7 cm³/mol.